The smallest absolute Gasteiger partial charge is 0.219 e. The molecule has 1 saturated heterocycles. The molecule has 2 bridgehead atoms. The van der Waals surface area contributed by atoms with Crippen molar-refractivity contribution >= 4 is 5.91 Å². The van der Waals surface area contributed by atoms with Gasteiger partial charge in [-0.2, -0.15) is 0 Å². The van der Waals surface area contributed by atoms with E-state index in [4.69, 9.17) is 5.73 Å². The first-order valence-corrected chi connectivity index (χ1v) is 4.73. The minimum atomic E-state index is 0.206. The average Bonchev–Trinajstić information content (AvgIpc) is 2.60. The van der Waals surface area contributed by atoms with Crippen LogP contribution in [0.25, 0.3) is 0 Å². The van der Waals surface area contributed by atoms with E-state index in [1.165, 1.54) is 19.3 Å². The molecular formula is C9H16N2O. The lowest BCUT2D eigenvalue weighted by molar-refractivity contribution is -0.132. The number of hydrogen-bond donors (Lipinski definition) is 1. The Balaban J connectivity index is 2.16. The van der Waals surface area contributed by atoms with Crippen molar-refractivity contribution in [1.82, 2.24) is 4.90 Å². The molecule has 0 spiro atoms. The maximum atomic E-state index is 11.3. The molecule has 3 unspecified atom stereocenters. The van der Waals surface area contributed by atoms with E-state index in [0.717, 1.165) is 0 Å². The van der Waals surface area contributed by atoms with Gasteiger partial charge in [0.15, 0.2) is 0 Å². The van der Waals surface area contributed by atoms with Gasteiger partial charge in [-0.15, -0.1) is 0 Å². The molecule has 0 aromatic rings. The predicted molar refractivity (Wildman–Crippen MR) is 46.5 cm³/mol. The summed E-state index contributed by atoms with van der Waals surface area (Å²) < 4.78 is 0. The topological polar surface area (TPSA) is 46.3 Å². The van der Waals surface area contributed by atoms with E-state index in [2.05, 4.69) is 0 Å². The van der Waals surface area contributed by atoms with Crippen LogP contribution in [0.15, 0.2) is 0 Å². The van der Waals surface area contributed by atoms with Crippen LogP contribution >= 0.6 is 0 Å². The second-order valence-corrected chi connectivity index (χ2v) is 3.96. The van der Waals surface area contributed by atoms with Crippen molar-refractivity contribution in [3.05, 3.63) is 0 Å². The van der Waals surface area contributed by atoms with Crippen molar-refractivity contribution in [2.45, 2.75) is 38.3 Å². The zero-order valence-corrected chi connectivity index (χ0v) is 7.49. The lowest BCUT2D eigenvalue weighted by atomic mass is 9.99. The van der Waals surface area contributed by atoms with Gasteiger partial charge in [0, 0.05) is 25.6 Å². The molecule has 0 radical (unpaired) electrons. The highest BCUT2D eigenvalue weighted by Crippen LogP contribution is 2.41. The Morgan fingerprint density at radius 3 is 2.83 bits per heavy atom. The molecule has 3 atom stereocenters. The monoisotopic (exact) mass is 168 g/mol. The number of amides is 1. The zero-order chi connectivity index (χ0) is 8.72. The van der Waals surface area contributed by atoms with Gasteiger partial charge in [0.05, 0.1) is 0 Å². The van der Waals surface area contributed by atoms with Crippen molar-refractivity contribution in [3.8, 4) is 0 Å². The number of likely N-dealkylation sites (tertiary alicyclic amines) is 1. The highest BCUT2D eigenvalue weighted by atomic mass is 16.2. The van der Waals surface area contributed by atoms with Crippen LogP contribution in [0.1, 0.15) is 26.2 Å². The summed E-state index contributed by atoms with van der Waals surface area (Å²) in [6, 6.07) is 0.863. The van der Waals surface area contributed by atoms with Crippen molar-refractivity contribution in [2.75, 3.05) is 6.54 Å². The highest BCUT2D eigenvalue weighted by Gasteiger charge is 2.45. The third-order valence-electron chi connectivity index (χ3n) is 3.35. The summed E-state index contributed by atoms with van der Waals surface area (Å²) in [5, 5.41) is 0. The number of fused-ring (bicyclic) bond motifs is 2. The molecule has 2 fully saturated rings. The minimum absolute atomic E-state index is 0.206. The van der Waals surface area contributed by atoms with Crippen molar-refractivity contribution < 1.29 is 4.79 Å². The van der Waals surface area contributed by atoms with Gasteiger partial charge in [-0.05, 0) is 25.2 Å². The fourth-order valence-electron chi connectivity index (χ4n) is 2.89. The molecule has 68 valence electrons. The summed E-state index contributed by atoms with van der Waals surface area (Å²) in [4.78, 5) is 13.3. The van der Waals surface area contributed by atoms with E-state index in [1.807, 2.05) is 4.90 Å². The fourth-order valence-corrected chi connectivity index (χ4v) is 2.89. The van der Waals surface area contributed by atoms with Gasteiger partial charge in [-0.25, -0.2) is 0 Å². The molecular weight excluding hydrogens is 152 g/mol. The molecule has 1 saturated carbocycles. The first-order chi connectivity index (χ1) is 5.74. The molecule has 2 N–H and O–H groups in total. The molecule has 0 aromatic heterocycles. The summed E-state index contributed by atoms with van der Waals surface area (Å²) in [6.07, 6.45) is 3.67. The number of rotatable bonds is 1. The lowest BCUT2D eigenvalue weighted by Gasteiger charge is -2.33. The Labute approximate surface area is 72.9 Å². The molecule has 1 amide bonds. The lowest BCUT2D eigenvalue weighted by Crippen LogP contribution is -2.47. The number of nitrogens with two attached hydrogens (primary N) is 1. The zero-order valence-electron chi connectivity index (χ0n) is 7.49. The van der Waals surface area contributed by atoms with Crippen LogP contribution < -0.4 is 5.73 Å². The van der Waals surface area contributed by atoms with Crippen LogP contribution in [0.5, 0.6) is 0 Å². The summed E-state index contributed by atoms with van der Waals surface area (Å²) in [5.74, 6) is 0.904. The second kappa shape index (κ2) is 2.73. The quantitative estimate of drug-likeness (QED) is 0.614. The van der Waals surface area contributed by atoms with Crippen molar-refractivity contribution in [2.24, 2.45) is 11.7 Å². The number of carbonyl (C=O) groups is 1. The summed E-state index contributed by atoms with van der Waals surface area (Å²) in [6.45, 7) is 2.30. The Bertz CT molecular complexity index is 205. The Hall–Kier alpha value is -0.570. The SMILES string of the molecule is CC(=O)N1C2CCC(C2)C1CN. The summed E-state index contributed by atoms with van der Waals surface area (Å²) in [5.41, 5.74) is 5.65. The third-order valence-corrected chi connectivity index (χ3v) is 3.35. The maximum absolute atomic E-state index is 11.3. The van der Waals surface area contributed by atoms with E-state index in [9.17, 15) is 4.79 Å². The molecule has 12 heavy (non-hydrogen) atoms. The molecule has 1 heterocycles. The highest BCUT2D eigenvalue weighted by molar-refractivity contribution is 5.74. The van der Waals surface area contributed by atoms with Crippen LogP contribution in [0, 0.1) is 5.92 Å². The molecule has 2 rings (SSSR count). The van der Waals surface area contributed by atoms with E-state index in [1.54, 1.807) is 6.92 Å². The molecule has 1 aliphatic heterocycles. The Morgan fingerprint density at radius 1 is 1.58 bits per heavy atom. The second-order valence-electron chi connectivity index (χ2n) is 3.96. The standard InChI is InChI=1S/C9H16N2O/c1-6(12)11-8-3-2-7(4-8)9(11)5-10/h7-9H,2-5,10H2,1H3. The van der Waals surface area contributed by atoms with Gasteiger partial charge in [0.25, 0.3) is 0 Å². The van der Waals surface area contributed by atoms with E-state index in [-0.39, 0.29) is 5.91 Å². The number of nitrogens with zero attached hydrogens (tertiary/aromatic N) is 1. The first-order valence-electron chi connectivity index (χ1n) is 4.73. The minimum Gasteiger partial charge on any atom is -0.335 e. The van der Waals surface area contributed by atoms with Crippen LogP contribution in [-0.2, 0) is 4.79 Å². The van der Waals surface area contributed by atoms with Gasteiger partial charge in [-0.3, -0.25) is 4.79 Å². The van der Waals surface area contributed by atoms with Crippen molar-refractivity contribution in [1.29, 1.82) is 0 Å². The van der Waals surface area contributed by atoms with Gasteiger partial charge < -0.3 is 10.6 Å². The summed E-state index contributed by atoms with van der Waals surface area (Å²) >= 11 is 0. The first kappa shape index (κ1) is 8.05. The largest absolute Gasteiger partial charge is 0.335 e. The molecule has 1 aliphatic carbocycles. The molecule has 3 heteroatoms. The van der Waals surface area contributed by atoms with Crippen LogP contribution in [0.2, 0.25) is 0 Å². The molecule has 3 nitrogen and oxygen atoms in total. The van der Waals surface area contributed by atoms with Crippen LogP contribution in [0.4, 0.5) is 0 Å². The van der Waals surface area contributed by atoms with E-state index >= 15 is 0 Å². The number of hydrogen-bond acceptors (Lipinski definition) is 2. The predicted octanol–water partition coefficient (Wildman–Crippen LogP) is 0.345. The fraction of sp³-hybridized carbons (Fsp3) is 0.889. The van der Waals surface area contributed by atoms with E-state index in [0.29, 0.717) is 24.5 Å². The van der Waals surface area contributed by atoms with Gasteiger partial charge in [-0.1, -0.05) is 0 Å². The number of piperidine rings is 1. The Kier molecular flexibility index (Phi) is 1.83. The Morgan fingerprint density at radius 2 is 2.33 bits per heavy atom. The normalized spacial score (nSPS) is 39.2. The third kappa shape index (κ3) is 0.959. The van der Waals surface area contributed by atoms with Crippen LogP contribution in [0.3, 0.4) is 0 Å². The van der Waals surface area contributed by atoms with E-state index < -0.39 is 0 Å². The number of carbonyl (C=O) groups excluding carboxylic acids is 1. The van der Waals surface area contributed by atoms with Gasteiger partial charge >= 0.3 is 0 Å². The van der Waals surface area contributed by atoms with Gasteiger partial charge in [0.2, 0.25) is 5.91 Å². The van der Waals surface area contributed by atoms with Crippen LogP contribution in [-0.4, -0.2) is 29.4 Å². The van der Waals surface area contributed by atoms with Gasteiger partial charge in [0.1, 0.15) is 0 Å². The molecule has 2 aliphatic rings. The summed E-state index contributed by atoms with van der Waals surface area (Å²) in [7, 11) is 0. The maximum Gasteiger partial charge on any atom is 0.219 e. The average molecular weight is 168 g/mol. The van der Waals surface area contributed by atoms with Crippen molar-refractivity contribution in [3.63, 3.8) is 0 Å². The molecule has 0 aromatic carbocycles.